The molecule has 1 aliphatic rings. The average molecular weight is 367 g/mol. The van der Waals surface area contributed by atoms with E-state index in [0.717, 1.165) is 43.5 Å². The molecule has 0 atom stereocenters. The molecule has 2 aromatic rings. The number of ether oxygens (including phenoxy) is 1. The summed E-state index contributed by atoms with van der Waals surface area (Å²) in [7, 11) is 1.36. The van der Waals surface area contributed by atoms with Gasteiger partial charge < -0.3 is 14.7 Å². The lowest BCUT2D eigenvalue weighted by Gasteiger charge is -2.32. The lowest BCUT2D eigenvalue weighted by molar-refractivity contribution is 0.0600. The molecular weight excluding hydrogens is 342 g/mol. The standard InChI is InChI=1S/C22H25NO4/c1-27-22(26)20-7-3-5-18(15-20)17-4-2-6-19(14-17)21(25)23-11-8-16(9-12-23)10-13-24/h2-7,14-16,24H,8-13H2,1H3. The summed E-state index contributed by atoms with van der Waals surface area (Å²) in [4.78, 5) is 26.5. The first-order valence-electron chi connectivity index (χ1n) is 9.31. The Balaban J connectivity index is 1.76. The number of likely N-dealkylation sites (tertiary alicyclic amines) is 1. The first kappa shape index (κ1) is 19.1. The molecule has 0 aromatic heterocycles. The number of hydrogen-bond donors (Lipinski definition) is 1. The van der Waals surface area contributed by atoms with Gasteiger partial charge in [0.25, 0.3) is 5.91 Å². The number of benzene rings is 2. The summed E-state index contributed by atoms with van der Waals surface area (Å²) >= 11 is 0. The number of rotatable bonds is 5. The van der Waals surface area contributed by atoms with Crippen molar-refractivity contribution >= 4 is 11.9 Å². The molecule has 0 aliphatic carbocycles. The largest absolute Gasteiger partial charge is 0.465 e. The molecule has 0 radical (unpaired) electrons. The van der Waals surface area contributed by atoms with Crippen LogP contribution in [0.15, 0.2) is 48.5 Å². The van der Waals surface area contributed by atoms with Gasteiger partial charge in [-0.2, -0.15) is 0 Å². The highest BCUT2D eigenvalue weighted by Crippen LogP contribution is 2.25. The number of aliphatic hydroxyl groups excluding tert-OH is 1. The lowest BCUT2D eigenvalue weighted by atomic mass is 9.93. The number of esters is 1. The zero-order chi connectivity index (χ0) is 19.2. The van der Waals surface area contributed by atoms with Crippen LogP contribution in [0.1, 0.15) is 40.0 Å². The third-order valence-corrected chi connectivity index (χ3v) is 5.17. The van der Waals surface area contributed by atoms with Crippen molar-refractivity contribution in [3.8, 4) is 11.1 Å². The molecule has 0 spiro atoms. The number of carbonyl (C=O) groups excluding carboxylic acids is 2. The van der Waals surface area contributed by atoms with E-state index in [-0.39, 0.29) is 18.5 Å². The molecule has 1 heterocycles. The number of aliphatic hydroxyl groups is 1. The van der Waals surface area contributed by atoms with E-state index in [2.05, 4.69) is 0 Å². The van der Waals surface area contributed by atoms with E-state index in [1.54, 1.807) is 12.1 Å². The summed E-state index contributed by atoms with van der Waals surface area (Å²) in [5, 5.41) is 9.07. The first-order valence-corrected chi connectivity index (χ1v) is 9.31. The minimum absolute atomic E-state index is 0.0309. The fourth-order valence-corrected chi connectivity index (χ4v) is 3.57. The summed E-state index contributed by atoms with van der Waals surface area (Å²) in [6.07, 6.45) is 2.69. The molecule has 5 nitrogen and oxygen atoms in total. The van der Waals surface area contributed by atoms with E-state index in [1.807, 2.05) is 41.3 Å². The summed E-state index contributed by atoms with van der Waals surface area (Å²) in [6.45, 7) is 1.67. The Morgan fingerprint density at radius 2 is 1.63 bits per heavy atom. The molecule has 0 saturated carbocycles. The van der Waals surface area contributed by atoms with Crippen molar-refractivity contribution in [3.05, 3.63) is 59.7 Å². The maximum atomic E-state index is 12.9. The predicted octanol–water partition coefficient (Wildman–Crippen LogP) is 3.37. The van der Waals surface area contributed by atoms with Gasteiger partial charge >= 0.3 is 5.97 Å². The molecule has 1 amide bonds. The van der Waals surface area contributed by atoms with Crippen molar-refractivity contribution in [1.82, 2.24) is 4.90 Å². The van der Waals surface area contributed by atoms with Gasteiger partial charge in [0.1, 0.15) is 0 Å². The van der Waals surface area contributed by atoms with E-state index < -0.39 is 0 Å². The Morgan fingerprint density at radius 1 is 1.04 bits per heavy atom. The van der Waals surface area contributed by atoms with Crippen LogP contribution < -0.4 is 0 Å². The van der Waals surface area contributed by atoms with Crippen molar-refractivity contribution in [3.63, 3.8) is 0 Å². The second kappa shape index (κ2) is 8.82. The molecule has 142 valence electrons. The fourth-order valence-electron chi connectivity index (χ4n) is 3.57. The third kappa shape index (κ3) is 4.55. The summed E-state index contributed by atoms with van der Waals surface area (Å²) in [5.41, 5.74) is 2.89. The number of carbonyl (C=O) groups is 2. The number of amides is 1. The van der Waals surface area contributed by atoms with Crippen LogP contribution in [0.4, 0.5) is 0 Å². The van der Waals surface area contributed by atoms with Crippen LogP contribution in [0.2, 0.25) is 0 Å². The van der Waals surface area contributed by atoms with Gasteiger partial charge in [0, 0.05) is 25.3 Å². The van der Waals surface area contributed by atoms with Crippen molar-refractivity contribution in [2.24, 2.45) is 5.92 Å². The number of hydrogen-bond acceptors (Lipinski definition) is 4. The van der Waals surface area contributed by atoms with Crippen LogP contribution in [0.5, 0.6) is 0 Å². The van der Waals surface area contributed by atoms with Crippen LogP contribution in [0.3, 0.4) is 0 Å². The molecule has 1 fully saturated rings. The van der Waals surface area contributed by atoms with Gasteiger partial charge in [0.2, 0.25) is 0 Å². The van der Waals surface area contributed by atoms with Crippen LogP contribution in [-0.4, -0.2) is 48.7 Å². The quantitative estimate of drug-likeness (QED) is 0.823. The SMILES string of the molecule is COC(=O)c1cccc(-c2cccc(C(=O)N3CCC(CCO)CC3)c2)c1. The monoisotopic (exact) mass is 367 g/mol. The zero-order valence-electron chi connectivity index (χ0n) is 15.6. The predicted molar refractivity (Wildman–Crippen MR) is 104 cm³/mol. The lowest BCUT2D eigenvalue weighted by Crippen LogP contribution is -2.38. The Morgan fingerprint density at radius 3 is 2.22 bits per heavy atom. The van der Waals surface area contributed by atoms with E-state index in [0.29, 0.717) is 17.0 Å². The third-order valence-electron chi connectivity index (χ3n) is 5.17. The molecule has 1 aliphatic heterocycles. The van der Waals surface area contributed by atoms with Gasteiger partial charge in [0.15, 0.2) is 0 Å². The highest BCUT2D eigenvalue weighted by molar-refractivity contribution is 5.96. The molecule has 1 saturated heterocycles. The fraction of sp³-hybridized carbons (Fsp3) is 0.364. The van der Waals surface area contributed by atoms with Gasteiger partial charge in [-0.1, -0.05) is 24.3 Å². The van der Waals surface area contributed by atoms with Gasteiger partial charge in [0.05, 0.1) is 12.7 Å². The van der Waals surface area contributed by atoms with Crippen LogP contribution in [0, 0.1) is 5.92 Å². The highest BCUT2D eigenvalue weighted by atomic mass is 16.5. The maximum absolute atomic E-state index is 12.9. The number of methoxy groups -OCH3 is 1. The second-order valence-corrected chi connectivity index (χ2v) is 6.90. The minimum Gasteiger partial charge on any atom is -0.465 e. The van der Waals surface area contributed by atoms with E-state index in [9.17, 15) is 9.59 Å². The molecule has 0 unspecified atom stereocenters. The topological polar surface area (TPSA) is 66.8 Å². The zero-order valence-corrected chi connectivity index (χ0v) is 15.6. The molecular formula is C22H25NO4. The maximum Gasteiger partial charge on any atom is 0.337 e. The van der Waals surface area contributed by atoms with Crippen LogP contribution in [0.25, 0.3) is 11.1 Å². The Bertz CT molecular complexity index is 809. The number of nitrogens with zero attached hydrogens (tertiary/aromatic N) is 1. The molecule has 27 heavy (non-hydrogen) atoms. The molecule has 3 rings (SSSR count). The molecule has 2 aromatic carbocycles. The van der Waals surface area contributed by atoms with E-state index >= 15 is 0 Å². The Labute approximate surface area is 159 Å². The Hall–Kier alpha value is -2.66. The molecule has 5 heteroatoms. The van der Waals surface area contributed by atoms with Gasteiger partial charge in [-0.15, -0.1) is 0 Å². The van der Waals surface area contributed by atoms with Crippen molar-refractivity contribution in [2.75, 3.05) is 26.8 Å². The molecule has 1 N–H and O–H groups in total. The first-order chi connectivity index (χ1) is 13.1. The van der Waals surface area contributed by atoms with Gasteiger partial charge in [-0.3, -0.25) is 4.79 Å². The molecule has 0 bridgehead atoms. The van der Waals surface area contributed by atoms with Gasteiger partial charge in [-0.25, -0.2) is 4.79 Å². The second-order valence-electron chi connectivity index (χ2n) is 6.90. The smallest absolute Gasteiger partial charge is 0.337 e. The summed E-state index contributed by atoms with van der Waals surface area (Å²) in [6, 6.07) is 14.7. The number of piperidine rings is 1. The Kier molecular flexibility index (Phi) is 6.24. The van der Waals surface area contributed by atoms with Crippen LogP contribution in [-0.2, 0) is 4.74 Å². The van der Waals surface area contributed by atoms with Crippen molar-refractivity contribution in [2.45, 2.75) is 19.3 Å². The average Bonchev–Trinajstić information content (AvgIpc) is 2.73. The van der Waals surface area contributed by atoms with E-state index in [1.165, 1.54) is 7.11 Å². The van der Waals surface area contributed by atoms with Crippen LogP contribution >= 0.6 is 0 Å². The van der Waals surface area contributed by atoms with Crippen molar-refractivity contribution < 1.29 is 19.4 Å². The van der Waals surface area contributed by atoms with E-state index in [4.69, 9.17) is 9.84 Å². The highest BCUT2D eigenvalue weighted by Gasteiger charge is 2.23. The normalized spacial score (nSPS) is 14.8. The van der Waals surface area contributed by atoms with Crippen molar-refractivity contribution in [1.29, 1.82) is 0 Å². The minimum atomic E-state index is -0.380. The summed E-state index contributed by atoms with van der Waals surface area (Å²) < 4.78 is 4.78. The summed E-state index contributed by atoms with van der Waals surface area (Å²) in [5.74, 6) is 0.157. The van der Waals surface area contributed by atoms with Gasteiger partial charge in [-0.05, 0) is 60.6 Å².